The van der Waals surface area contributed by atoms with E-state index in [-0.39, 0.29) is 18.0 Å². The monoisotopic (exact) mass is 301 g/mol. The van der Waals surface area contributed by atoms with E-state index in [2.05, 4.69) is 16.0 Å². The van der Waals surface area contributed by atoms with Crippen LogP contribution >= 0.6 is 0 Å². The molecule has 2 unspecified atom stereocenters. The van der Waals surface area contributed by atoms with Crippen molar-refractivity contribution in [2.24, 2.45) is 5.92 Å². The normalized spacial score (nSPS) is 14.5. The molecule has 2 atom stereocenters. The average molecular weight is 301 g/mol. The van der Waals surface area contributed by atoms with Gasteiger partial charge in [-0.1, -0.05) is 13.8 Å². The molecule has 0 bridgehead atoms. The lowest BCUT2D eigenvalue weighted by Gasteiger charge is -2.23. The summed E-state index contributed by atoms with van der Waals surface area (Å²) in [6, 6.07) is -0.337. The molecular formula is C15H31N3O3. The van der Waals surface area contributed by atoms with Crippen LogP contribution in [-0.2, 0) is 9.53 Å². The summed E-state index contributed by atoms with van der Waals surface area (Å²) in [5, 5.41) is 8.69. The van der Waals surface area contributed by atoms with Gasteiger partial charge in [0.05, 0.1) is 6.04 Å². The number of carbonyl (C=O) groups is 2. The van der Waals surface area contributed by atoms with Gasteiger partial charge in [0.25, 0.3) is 0 Å². The van der Waals surface area contributed by atoms with E-state index in [1.807, 2.05) is 41.5 Å². The molecule has 0 aromatic heterocycles. The average Bonchev–Trinajstić information content (AvgIpc) is 2.31. The van der Waals surface area contributed by atoms with E-state index in [1.165, 1.54) is 0 Å². The van der Waals surface area contributed by atoms with Crippen molar-refractivity contribution in [3.63, 3.8) is 0 Å². The van der Waals surface area contributed by atoms with Gasteiger partial charge in [0.1, 0.15) is 5.60 Å². The van der Waals surface area contributed by atoms with Crippen molar-refractivity contribution in [1.29, 1.82) is 0 Å². The highest BCUT2D eigenvalue weighted by Crippen LogP contribution is 2.06. The number of amides is 2. The first kappa shape index (κ1) is 19.7. The number of ether oxygens (including phenoxy) is 1. The van der Waals surface area contributed by atoms with Gasteiger partial charge in [0.2, 0.25) is 5.91 Å². The molecule has 0 aliphatic carbocycles. The maximum absolute atomic E-state index is 11.8. The molecule has 0 saturated carbocycles. The van der Waals surface area contributed by atoms with Crippen LogP contribution in [0, 0.1) is 5.92 Å². The molecule has 124 valence electrons. The Kier molecular flexibility index (Phi) is 8.32. The molecule has 0 aromatic rings. The Morgan fingerprint density at radius 3 is 2.05 bits per heavy atom. The molecule has 21 heavy (non-hydrogen) atoms. The molecule has 0 aliphatic heterocycles. The fourth-order valence-electron chi connectivity index (χ4n) is 1.57. The largest absolute Gasteiger partial charge is 0.444 e. The Morgan fingerprint density at radius 2 is 1.57 bits per heavy atom. The molecule has 0 spiro atoms. The Labute approximate surface area is 128 Å². The Hall–Kier alpha value is -1.30. The zero-order valence-electron chi connectivity index (χ0n) is 14.4. The summed E-state index contributed by atoms with van der Waals surface area (Å²) in [4.78, 5) is 23.3. The van der Waals surface area contributed by atoms with Crippen molar-refractivity contribution in [3.8, 4) is 0 Å². The molecule has 0 heterocycles. The molecule has 6 heteroatoms. The van der Waals surface area contributed by atoms with Gasteiger partial charge < -0.3 is 20.7 Å². The molecule has 6 nitrogen and oxygen atoms in total. The first-order chi connectivity index (χ1) is 9.51. The van der Waals surface area contributed by atoms with Crippen molar-refractivity contribution in [3.05, 3.63) is 0 Å². The van der Waals surface area contributed by atoms with Gasteiger partial charge in [-0.15, -0.1) is 0 Å². The zero-order valence-corrected chi connectivity index (χ0v) is 14.4. The van der Waals surface area contributed by atoms with Gasteiger partial charge in [0, 0.05) is 19.1 Å². The summed E-state index contributed by atoms with van der Waals surface area (Å²) in [5.41, 5.74) is -0.509. The summed E-state index contributed by atoms with van der Waals surface area (Å²) < 4.78 is 5.15. The minimum absolute atomic E-state index is 0.0303. The fourth-order valence-corrected chi connectivity index (χ4v) is 1.57. The zero-order chi connectivity index (χ0) is 16.6. The molecule has 2 amide bonds. The van der Waals surface area contributed by atoms with E-state index < -0.39 is 11.7 Å². The highest BCUT2D eigenvalue weighted by molar-refractivity contribution is 5.81. The Bertz CT molecular complexity index is 338. The van der Waals surface area contributed by atoms with Crippen molar-refractivity contribution < 1.29 is 14.3 Å². The van der Waals surface area contributed by atoms with E-state index in [9.17, 15) is 9.59 Å². The molecular weight excluding hydrogens is 270 g/mol. The maximum Gasteiger partial charge on any atom is 0.407 e. The number of carbonyl (C=O) groups excluding carboxylic acids is 2. The van der Waals surface area contributed by atoms with Gasteiger partial charge in [-0.25, -0.2) is 4.79 Å². The topological polar surface area (TPSA) is 79.5 Å². The lowest BCUT2D eigenvalue weighted by Crippen LogP contribution is -2.50. The number of hydrogen-bond acceptors (Lipinski definition) is 4. The maximum atomic E-state index is 11.8. The summed E-state index contributed by atoms with van der Waals surface area (Å²) in [6.45, 7) is 14.3. The molecule has 0 rings (SSSR count). The second-order valence-electron chi connectivity index (χ2n) is 6.81. The predicted molar refractivity (Wildman–Crippen MR) is 84.1 cm³/mol. The van der Waals surface area contributed by atoms with Crippen LogP contribution in [0.15, 0.2) is 0 Å². The van der Waals surface area contributed by atoms with E-state index in [0.717, 1.165) is 0 Å². The second-order valence-corrected chi connectivity index (χ2v) is 6.81. The molecule has 0 aliphatic rings. The first-order valence-corrected chi connectivity index (χ1v) is 7.52. The van der Waals surface area contributed by atoms with E-state index in [0.29, 0.717) is 19.0 Å². The highest BCUT2D eigenvalue weighted by Gasteiger charge is 2.18. The summed E-state index contributed by atoms with van der Waals surface area (Å²) >= 11 is 0. The molecule has 0 saturated heterocycles. The smallest absolute Gasteiger partial charge is 0.407 e. The van der Waals surface area contributed by atoms with Crippen LogP contribution < -0.4 is 16.0 Å². The summed E-state index contributed by atoms with van der Waals surface area (Å²) in [5.74, 6) is 0.389. The molecule has 0 aromatic carbocycles. The number of alkyl carbamates (subject to hydrolysis) is 1. The minimum atomic E-state index is -0.509. The van der Waals surface area contributed by atoms with Crippen molar-refractivity contribution in [2.45, 2.75) is 66.2 Å². The van der Waals surface area contributed by atoms with Gasteiger partial charge in [-0.05, 0) is 40.5 Å². The summed E-state index contributed by atoms with van der Waals surface area (Å²) in [6.07, 6.45) is -0.451. The van der Waals surface area contributed by atoms with Crippen LogP contribution in [0.4, 0.5) is 4.79 Å². The van der Waals surface area contributed by atoms with Gasteiger partial charge >= 0.3 is 6.09 Å². The number of nitrogens with one attached hydrogen (secondary N) is 3. The number of rotatable bonds is 7. The third-order valence-corrected chi connectivity index (χ3v) is 2.56. The highest BCUT2D eigenvalue weighted by atomic mass is 16.6. The van der Waals surface area contributed by atoms with Crippen LogP contribution in [0.3, 0.4) is 0 Å². The van der Waals surface area contributed by atoms with Crippen LogP contribution in [-0.4, -0.2) is 42.8 Å². The van der Waals surface area contributed by atoms with Gasteiger partial charge in [-0.3, -0.25) is 4.79 Å². The lowest BCUT2D eigenvalue weighted by molar-refractivity contribution is -0.123. The third-order valence-electron chi connectivity index (χ3n) is 2.56. The van der Waals surface area contributed by atoms with E-state index >= 15 is 0 Å². The lowest BCUT2D eigenvalue weighted by atomic mass is 10.2. The first-order valence-electron chi connectivity index (χ1n) is 7.52. The summed E-state index contributed by atoms with van der Waals surface area (Å²) in [7, 11) is 0. The molecule has 0 fully saturated rings. The van der Waals surface area contributed by atoms with Crippen molar-refractivity contribution >= 4 is 12.0 Å². The quantitative estimate of drug-likeness (QED) is 0.668. The van der Waals surface area contributed by atoms with Crippen molar-refractivity contribution in [1.82, 2.24) is 16.0 Å². The Morgan fingerprint density at radius 1 is 1.00 bits per heavy atom. The van der Waals surface area contributed by atoms with Crippen LogP contribution in [0.1, 0.15) is 48.5 Å². The molecule has 3 N–H and O–H groups in total. The van der Waals surface area contributed by atoms with Crippen LogP contribution in [0.5, 0.6) is 0 Å². The van der Waals surface area contributed by atoms with E-state index in [1.54, 1.807) is 6.92 Å². The van der Waals surface area contributed by atoms with E-state index in [4.69, 9.17) is 4.74 Å². The predicted octanol–water partition coefficient (Wildman–Crippen LogP) is 1.65. The second kappa shape index (κ2) is 8.87. The van der Waals surface area contributed by atoms with Crippen molar-refractivity contribution in [2.75, 3.05) is 13.1 Å². The minimum Gasteiger partial charge on any atom is -0.444 e. The van der Waals surface area contributed by atoms with Crippen LogP contribution in [0.25, 0.3) is 0 Å². The Balaban J connectivity index is 4.00. The van der Waals surface area contributed by atoms with Crippen LogP contribution in [0.2, 0.25) is 0 Å². The third kappa shape index (κ3) is 11.1. The van der Waals surface area contributed by atoms with Gasteiger partial charge in [0.15, 0.2) is 0 Å². The standard InChI is InChI=1S/C15H31N3O3/c1-10(2)8-16-13(19)12(4)18-11(3)9-17-14(20)21-15(5,6)7/h10-12,18H,8-9H2,1-7H3,(H,16,19)(H,17,20). The fraction of sp³-hybridized carbons (Fsp3) is 0.867. The molecule has 0 radical (unpaired) electrons. The van der Waals surface area contributed by atoms with Gasteiger partial charge in [-0.2, -0.15) is 0 Å². The SMILES string of the molecule is CC(C)CNC(=O)C(C)NC(C)CNC(=O)OC(C)(C)C. The number of hydrogen-bond donors (Lipinski definition) is 3.